The van der Waals surface area contributed by atoms with Crippen molar-refractivity contribution in [1.82, 2.24) is 5.32 Å². The van der Waals surface area contributed by atoms with Crippen LogP contribution in [0.4, 0.5) is 0 Å². The molecule has 1 aromatic carbocycles. The molecule has 1 N–H and O–H groups in total. The van der Waals surface area contributed by atoms with Gasteiger partial charge in [0.05, 0.1) is 26.4 Å². The molecule has 156 valence electrons. The number of nitrogens with one attached hydrogen (secondary N) is 1. The van der Waals surface area contributed by atoms with Gasteiger partial charge in [0.15, 0.2) is 0 Å². The van der Waals surface area contributed by atoms with Gasteiger partial charge in [-0.25, -0.2) is 0 Å². The van der Waals surface area contributed by atoms with E-state index in [1.807, 2.05) is 30.3 Å². The predicted octanol–water partition coefficient (Wildman–Crippen LogP) is 5.37. The van der Waals surface area contributed by atoms with E-state index in [0.29, 0.717) is 6.54 Å². The van der Waals surface area contributed by atoms with Crippen LogP contribution in [0.2, 0.25) is 0 Å². The van der Waals surface area contributed by atoms with Gasteiger partial charge in [-0.1, -0.05) is 37.3 Å². The lowest BCUT2D eigenvalue weighted by Gasteiger charge is -2.42. The first-order chi connectivity index (χ1) is 12.9. The van der Waals surface area contributed by atoms with Crippen LogP contribution in [-0.4, -0.2) is 31.4 Å². The van der Waals surface area contributed by atoms with Crippen LogP contribution < -0.4 is 5.32 Å². The summed E-state index contributed by atoms with van der Waals surface area (Å²) in [6.07, 6.45) is 0.175. The SMILES string of the molecule is CCOP(=O)(OCC)C(CC)(NCc1ccccc1)P(=O)(OCC)OCC. The lowest BCUT2D eigenvalue weighted by Crippen LogP contribution is -2.46. The van der Waals surface area contributed by atoms with Crippen molar-refractivity contribution in [3.8, 4) is 0 Å². The first-order valence-corrected chi connectivity index (χ1v) is 12.5. The molecule has 0 spiro atoms. The van der Waals surface area contributed by atoms with Crippen molar-refractivity contribution in [2.75, 3.05) is 26.4 Å². The van der Waals surface area contributed by atoms with E-state index in [0.717, 1.165) is 5.56 Å². The number of hydrogen-bond donors (Lipinski definition) is 1. The molecule has 0 aliphatic rings. The fourth-order valence-corrected chi connectivity index (χ4v) is 8.45. The van der Waals surface area contributed by atoms with Crippen LogP contribution in [0.1, 0.15) is 46.6 Å². The third kappa shape index (κ3) is 5.51. The summed E-state index contributed by atoms with van der Waals surface area (Å²) in [7, 11) is -7.81. The summed E-state index contributed by atoms with van der Waals surface area (Å²) in [5.74, 6) is 0. The van der Waals surface area contributed by atoms with Gasteiger partial charge < -0.3 is 18.1 Å². The Morgan fingerprint density at radius 3 is 1.52 bits per heavy atom. The monoisotopic (exact) mass is 421 g/mol. The van der Waals surface area contributed by atoms with E-state index in [-0.39, 0.29) is 32.8 Å². The standard InChI is InChI=1S/C18H33NO6P2/c1-6-18(26(20,22-7-2)23-8-3,27(21,24-9-4)25-10-5)19-16-17-14-12-11-13-15-17/h11-15,19H,6-10,16H2,1-5H3. The maximum absolute atomic E-state index is 13.8. The van der Waals surface area contributed by atoms with Crippen LogP contribution in [0.3, 0.4) is 0 Å². The zero-order valence-electron chi connectivity index (χ0n) is 17.0. The van der Waals surface area contributed by atoms with Gasteiger partial charge in [0.1, 0.15) is 0 Å². The van der Waals surface area contributed by atoms with Crippen LogP contribution >= 0.6 is 15.2 Å². The average Bonchev–Trinajstić information content (AvgIpc) is 2.64. The largest absolute Gasteiger partial charge is 0.362 e. The molecule has 0 saturated heterocycles. The van der Waals surface area contributed by atoms with Gasteiger partial charge in [0, 0.05) is 6.54 Å². The molecule has 0 radical (unpaired) electrons. The van der Waals surface area contributed by atoms with E-state index in [9.17, 15) is 9.13 Å². The molecule has 0 heterocycles. The molecular weight excluding hydrogens is 388 g/mol. The van der Waals surface area contributed by atoms with Crippen LogP contribution in [-0.2, 0) is 33.8 Å². The van der Waals surface area contributed by atoms with E-state index in [1.165, 1.54) is 0 Å². The summed E-state index contributed by atoms with van der Waals surface area (Å²) in [6, 6.07) is 9.56. The van der Waals surface area contributed by atoms with Crippen molar-refractivity contribution in [3.63, 3.8) is 0 Å². The van der Waals surface area contributed by atoms with Gasteiger partial charge in [-0.2, -0.15) is 0 Å². The Kier molecular flexibility index (Phi) is 10.4. The molecule has 0 aliphatic heterocycles. The van der Waals surface area contributed by atoms with Crippen molar-refractivity contribution >= 4 is 15.2 Å². The molecule has 1 rings (SSSR count). The normalized spacial score (nSPS) is 13.1. The Morgan fingerprint density at radius 1 is 0.778 bits per heavy atom. The highest BCUT2D eigenvalue weighted by Gasteiger charge is 2.64. The summed E-state index contributed by atoms with van der Waals surface area (Å²) >= 11 is 0. The average molecular weight is 421 g/mol. The fourth-order valence-electron chi connectivity index (χ4n) is 2.88. The van der Waals surface area contributed by atoms with Gasteiger partial charge in [-0.3, -0.25) is 14.4 Å². The molecular formula is C18H33NO6P2. The van der Waals surface area contributed by atoms with E-state index in [2.05, 4.69) is 5.32 Å². The Labute approximate surface area is 163 Å². The van der Waals surface area contributed by atoms with Crippen molar-refractivity contribution in [3.05, 3.63) is 35.9 Å². The molecule has 0 fully saturated rings. The number of hydrogen-bond acceptors (Lipinski definition) is 7. The minimum absolute atomic E-state index is 0.143. The van der Waals surface area contributed by atoms with Crippen LogP contribution in [0.25, 0.3) is 0 Å². The molecule has 0 unspecified atom stereocenters. The lowest BCUT2D eigenvalue weighted by molar-refractivity contribution is 0.165. The van der Waals surface area contributed by atoms with Gasteiger partial charge in [0.25, 0.3) is 0 Å². The first-order valence-electron chi connectivity index (χ1n) is 9.45. The van der Waals surface area contributed by atoms with Gasteiger partial charge in [0.2, 0.25) is 5.02 Å². The van der Waals surface area contributed by atoms with Crippen molar-refractivity contribution in [2.45, 2.75) is 52.6 Å². The molecule has 7 nitrogen and oxygen atoms in total. The molecule has 0 bridgehead atoms. The van der Waals surface area contributed by atoms with Crippen molar-refractivity contribution in [2.24, 2.45) is 0 Å². The molecule has 27 heavy (non-hydrogen) atoms. The topological polar surface area (TPSA) is 83.1 Å². The zero-order chi connectivity index (χ0) is 20.4. The van der Waals surface area contributed by atoms with Gasteiger partial charge >= 0.3 is 15.2 Å². The highest BCUT2D eigenvalue weighted by Crippen LogP contribution is 2.77. The number of rotatable bonds is 14. The summed E-state index contributed by atoms with van der Waals surface area (Å²) in [6.45, 7) is 9.52. The van der Waals surface area contributed by atoms with E-state index < -0.39 is 20.2 Å². The lowest BCUT2D eigenvalue weighted by atomic mass is 10.2. The molecule has 0 atom stereocenters. The fraction of sp³-hybridized carbons (Fsp3) is 0.667. The molecule has 0 amide bonds. The second kappa shape index (κ2) is 11.5. The Morgan fingerprint density at radius 2 is 1.19 bits per heavy atom. The van der Waals surface area contributed by atoms with Crippen molar-refractivity contribution in [1.29, 1.82) is 0 Å². The van der Waals surface area contributed by atoms with E-state index in [4.69, 9.17) is 18.1 Å². The molecule has 0 saturated carbocycles. The second-order valence-corrected chi connectivity index (χ2v) is 10.6. The molecule has 0 aliphatic carbocycles. The van der Waals surface area contributed by atoms with Crippen molar-refractivity contribution < 1.29 is 27.2 Å². The zero-order valence-corrected chi connectivity index (χ0v) is 18.8. The van der Waals surface area contributed by atoms with E-state index in [1.54, 1.807) is 34.6 Å². The Hall–Kier alpha value is -0.520. The molecule has 9 heteroatoms. The van der Waals surface area contributed by atoms with Crippen LogP contribution in [0, 0.1) is 0 Å². The van der Waals surface area contributed by atoms with Crippen LogP contribution in [0.15, 0.2) is 30.3 Å². The second-order valence-electron chi connectivity index (χ2n) is 5.68. The highest BCUT2D eigenvalue weighted by molar-refractivity contribution is 7.74. The minimum atomic E-state index is -3.90. The maximum Gasteiger partial charge on any atom is 0.362 e. The highest BCUT2D eigenvalue weighted by atomic mass is 31.2. The smallest absolute Gasteiger partial charge is 0.307 e. The summed E-state index contributed by atoms with van der Waals surface area (Å²) < 4.78 is 50.1. The summed E-state index contributed by atoms with van der Waals surface area (Å²) in [5, 5.41) is 1.58. The van der Waals surface area contributed by atoms with Gasteiger partial charge in [-0.15, -0.1) is 0 Å². The third-order valence-corrected chi connectivity index (χ3v) is 10.6. The summed E-state index contributed by atoms with van der Waals surface area (Å²) in [4.78, 5) is 0. The van der Waals surface area contributed by atoms with Crippen LogP contribution in [0.5, 0.6) is 0 Å². The maximum atomic E-state index is 13.8. The number of benzene rings is 1. The Bertz CT molecular complexity index is 590. The quantitative estimate of drug-likeness (QED) is 0.404. The third-order valence-electron chi connectivity index (χ3n) is 4.01. The molecule has 1 aromatic rings. The minimum Gasteiger partial charge on any atom is -0.307 e. The summed E-state index contributed by atoms with van der Waals surface area (Å²) in [5.41, 5.74) is 0.939. The Balaban J connectivity index is 3.49. The predicted molar refractivity (Wildman–Crippen MR) is 108 cm³/mol. The molecule has 0 aromatic heterocycles. The van der Waals surface area contributed by atoms with E-state index >= 15 is 0 Å². The first kappa shape index (κ1) is 24.5. The van der Waals surface area contributed by atoms with Gasteiger partial charge in [-0.05, 0) is 39.7 Å².